The molecule has 39 heavy (non-hydrogen) atoms. The van der Waals surface area contributed by atoms with Crippen molar-refractivity contribution in [3.05, 3.63) is 0 Å². The summed E-state index contributed by atoms with van der Waals surface area (Å²) in [5.41, 5.74) is -2.57. The smallest absolute Gasteiger partial charge is 0.228 e. The maximum absolute atomic E-state index is 13.5. The summed E-state index contributed by atoms with van der Waals surface area (Å²) in [7, 11) is 0. The Labute approximate surface area is 246 Å². The minimum absolute atomic E-state index is 0.0655. The van der Waals surface area contributed by atoms with Gasteiger partial charge in [0.05, 0.1) is 4.87 Å². The normalized spacial score (nSPS) is 17.3. The van der Waals surface area contributed by atoms with E-state index in [-0.39, 0.29) is 29.2 Å². The molecule has 0 aromatic carbocycles. The van der Waals surface area contributed by atoms with Crippen molar-refractivity contribution in [1.82, 2.24) is 20.4 Å². The van der Waals surface area contributed by atoms with Gasteiger partial charge in [-0.25, -0.2) is 0 Å². The Kier molecular flexibility index (Phi) is 13.6. The first-order chi connectivity index (χ1) is 17.4. The summed E-state index contributed by atoms with van der Waals surface area (Å²) >= 11 is 4.77. The van der Waals surface area contributed by atoms with Crippen molar-refractivity contribution in [2.24, 2.45) is 22.2 Å². The third-order valence-electron chi connectivity index (χ3n) is 8.07. The molecule has 2 N–H and O–H groups in total. The molecule has 8 heteroatoms. The first-order valence-electron chi connectivity index (χ1n) is 14.8. The molecule has 1 atom stereocenters. The molecule has 0 aliphatic carbocycles. The van der Waals surface area contributed by atoms with Gasteiger partial charge >= 0.3 is 0 Å². The molecule has 1 heterocycles. The van der Waals surface area contributed by atoms with Gasteiger partial charge in [0.15, 0.2) is 0 Å². The van der Waals surface area contributed by atoms with Crippen LogP contribution in [0.1, 0.15) is 117 Å². The summed E-state index contributed by atoms with van der Waals surface area (Å²) in [5, 5.41) is 6.22. The van der Waals surface area contributed by atoms with Crippen molar-refractivity contribution in [3.8, 4) is 0 Å². The minimum Gasteiger partial charge on any atom is -0.351 e. The summed E-state index contributed by atoms with van der Waals surface area (Å²) in [6, 6.07) is 0.473. The van der Waals surface area contributed by atoms with Crippen molar-refractivity contribution < 1.29 is 14.4 Å². The Morgan fingerprint density at radius 3 is 1.51 bits per heavy atom. The van der Waals surface area contributed by atoms with E-state index in [0.29, 0.717) is 32.0 Å². The van der Waals surface area contributed by atoms with Crippen molar-refractivity contribution in [3.63, 3.8) is 0 Å². The largest absolute Gasteiger partial charge is 0.351 e. The second-order valence-electron chi connectivity index (χ2n) is 14.5. The number of thiol groups is 1. The molecule has 0 radical (unpaired) electrons. The zero-order valence-electron chi connectivity index (χ0n) is 28.0. The molecule has 0 saturated carbocycles. The second kappa shape index (κ2) is 14.1. The van der Waals surface area contributed by atoms with E-state index in [1.54, 1.807) is 0 Å². The molecule has 1 unspecified atom stereocenters. The zero-order chi connectivity index (χ0) is 31.2. The van der Waals surface area contributed by atoms with Gasteiger partial charge in [-0.1, -0.05) is 69.2 Å². The average Bonchev–Trinajstić information content (AvgIpc) is 2.77. The van der Waals surface area contributed by atoms with Crippen LogP contribution in [0.2, 0.25) is 0 Å². The third-order valence-corrected chi connectivity index (χ3v) is 8.34. The van der Waals surface area contributed by atoms with Crippen LogP contribution in [0.5, 0.6) is 0 Å². The van der Waals surface area contributed by atoms with E-state index in [4.69, 9.17) is 12.6 Å². The number of piperazine rings is 1. The van der Waals surface area contributed by atoms with Crippen LogP contribution < -0.4 is 10.6 Å². The number of carbonyl (C=O) groups excluding carboxylic acids is 3. The molecule has 0 spiro atoms. The van der Waals surface area contributed by atoms with Crippen molar-refractivity contribution in [2.45, 2.75) is 133 Å². The fourth-order valence-corrected chi connectivity index (χ4v) is 5.63. The minimum atomic E-state index is -0.904. The molecule has 0 aromatic rings. The van der Waals surface area contributed by atoms with Gasteiger partial charge in [-0.05, 0) is 53.4 Å². The maximum atomic E-state index is 13.5. The Bertz CT molecular complexity index is 824. The summed E-state index contributed by atoms with van der Waals surface area (Å²) in [5.74, 6) is 0.134. The molecule has 3 amide bonds. The van der Waals surface area contributed by atoms with Crippen LogP contribution in [-0.2, 0) is 14.4 Å². The molecular weight excluding hydrogens is 508 g/mol. The van der Waals surface area contributed by atoms with E-state index < -0.39 is 21.1 Å². The number of amides is 3. The van der Waals surface area contributed by atoms with Crippen LogP contribution >= 0.6 is 12.6 Å². The van der Waals surface area contributed by atoms with Crippen LogP contribution in [0.4, 0.5) is 0 Å². The first kappa shape index (κ1) is 37.7. The van der Waals surface area contributed by atoms with Crippen molar-refractivity contribution >= 4 is 30.4 Å². The van der Waals surface area contributed by atoms with E-state index in [9.17, 15) is 14.4 Å². The first-order valence-corrected chi connectivity index (χ1v) is 15.3. The molecule has 1 saturated heterocycles. The standard InChI is InChI=1S/C29H56N4O3S.C2H6/c1-20(2)28(11,12)30-22(34)26(7,8)19-29(13,37)31-23(35)25(5,6)18-27(9,10)24(36)33-16-14-32(15-17-33)21(3)4;1-2/h20-21,37H,14-19H2,1-13H3,(H,30,34)(H,31,35);1-2H3. The summed E-state index contributed by atoms with van der Waals surface area (Å²) in [6.07, 6.45) is 0.763. The van der Waals surface area contributed by atoms with Gasteiger partial charge in [0.1, 0.15) is 0 Å². The van der Waals surface area contributed by atoms with Crippen LogP contribution in [0, 0.1) is 22.2 Å². The van der Waals surface area contributed by atoms with Gasteiger partial charge in [-0.2, -0.15) is 12.6 Å². The fourth-order valence-electron chi connectivity index (χ4n) is 5.14. The van der Waals surface area contributed by atoms with Gasteiger partial charge in [0.25, 0.3) is 0 Å². The highest BCUT2D eigenvalue weighted by molar-refractivity contribution is 7.81. The highest BCUT2D eigenvalue weighted by atomic mass is 32.1. The molecular formula is C31H62N4O3S. The molecule has 0 bridgehead atoms. The molecule has 1 aliphatic rings. The predicted molar refractivity (Wildman–Crippen MR) is 168 cm³/mol. The SMILES string of the molecule is CC.CC(C)N1CCN(C(=O)C(C)(C)CC(C)(C)C(=O)NC(C)(S)CC(C)(C)C(=O)NC(C)(C)C(C)C)CC1. The lowest BCUT2D eigenvalue weighted by atomic mass is 9.73. The molecule has 1 rings (SSSR count). The number of nitrogens with one attached hydrogen (secondary N) is 2. The second-order valence-corrected chi connectivity index (χ2v) is 15.5. The van der Waals surface area contributed by atoms with Crippen LogP contribution in [0.25, 0.3) is 0 Å². The van der Waals surface area contributed by atoms with Gasteiger partial charge < -0.3 is 15.5 Å². The number of hydrogen-bond acceptors (Lipinski definition) is 5. The Morgan fingerprint density at radius 1 is 0.692 bits per heavy atom. The van der Waals surface area contributed by atoms with Gasteiger partial charge in [-0.3, -0.25) is 19.3 Å². The monoisotopic (exact) mass is 570 g/mol. The molecule has 7 nitrogen and oxygen atoms in total. The van der Waals surface area contributed by atoms with E-state index in [0.717, 1.165) is 13.1 Å². The Morgan fingerprint density at radius 2 is 1.10 bits per heavy atom. The number of nitrogens with zero attached hydrogens (tertiary/aromatic N) is 2. The van der Waals surface area contributed by atoms with Crippen LogP contribution in [0.3, 0.4) is 0 Å². The maximum Gasteiger partial charge on any atom is 0.228 e. The number of rotatable bonds is 11. The van der Waals surface area contributed by atoms with Gasteiger partial charge in [-0.15, -0.1) is 0 Å². The van der Waals surface area contributed by atoms with Crippen LogP contribution in [-0.4, -0.2) is 70.2 Å². The summed E-state index contributed by atoms with van der Waals surface area (Å²) in [4.78, 5) is 43.4. The van der Waals surface area contributed by atoms with Crippen molar-refractivity contribution in [1.29, 1.82) is 0 Å². The quantitative estimate of drug-likeness (QED) is 0.219. The number of hydrogen-bond donors (Lipinski definition) is 3. The summed E-state index contributed by atoms with van der Waals surface area (Å²) < 4.78 is 0. The van der Waals surface area contributed by atoms with E-state index in [2.05, 4.69) is 43.2 Å². The van der Waals surface area contributed by atoms with E-state index in [1.165, 1.54) is 0 Å². The van der Waals surface area contributed by atoms with Crippen LogP contribution in [0.15, 0.2) is 0 Å². The molecule has 0 aromatic heterocycles. The number of carbonyl (C=O) groups is 3. The summed E-state index contributed by atoms with van der Waals surface area (Å²) in [6.45, 7) is 32.9. The lowest BCUT2D eigenvalue weighted by molar-refractivity contribution is -0.146. The molecule has 1 aliphatic heterocycles. The fraction of sp³-hybridized carbons (Fsp3) is 0.903. The average molecular weight is 571 g/mol. The topological polar surface area (TPSA) is 81.8 Å². The zero-order valence-corrected chi connectivity index (χ0v) is 28.9. The highest BCUT2D eigenvalue weighted by Crippen LogP contribution is 2.38. The highest BCUT2D eigenvalue weighted by Gasteiger charge is 2.44. The van der Waals surface area contributed by atoms with Gasteiger partial charge in [0.2, 0.25) is 17.7 Å². The lowest BCUT2D eigenvalue weighted by Gasteiger charge is -2.42. The lowest BCUT2D eigenvalue weighted by Crippen LogP contribution is -2.56. The van der Waals surface area contributed by atoms with E-state index >= 15 is 0 Å². The van der Waals surface area contributed by atoms with E-state index in [1.807, 2.05) is 81.1 Å². The Hall–Kier alpha value is -1.28. The van der Waals surface area contributed by atoms with Gasteiger partial charge in [0, 0.05) is 54.0 Å². The Balaban J connectivity index is 0.00000704. The molecule has 230 valence electrons. The predicted octanol–water partition coefficient (Wildman–Crippen LogP) is 5.74. The third kappa shape index (κ3) is 11.3. The van der Waals surface area contributed by atoms with Crippen molar-refractivity contribution in [2.75, 3.05) is 26.2 Å². The molecule has 1 fully saturated rings.